The first-order valence-electron chi connectivity index (χ1n) is 3.79. The van der Waals surface area contributed by atoms with Gasteiger partial charge < -0.3 is 0 Å². The predicted octanol–water partition coefficient (Wildman–Crippen LogP) is 2.70. The highest BCUT2D eigenvalue weighted by Gasteiger charge is 1.89. The summed E-state index contributed by atoms with van der Waals surface area (Å²) in [7, 11) is 0. The van der Waals surface area contributed by atoms with Crippen molar-refractivity contribution in [1.29, 1.82) is 0 Å². The Morgan fingerprint density at radius 1 is 0.727 bits per heavy atom. The first-order valence-corrected chi connectivity index (χ1v) is 7.36. The van der Waals surface area contributed by atoms with Crippen LogP contribution in [-0.4, -0.2) is 34.5 Å². The van der Waals surface area contributed by atoms with Crippen LogP contribution in [0.4, 0.5) is 0 Å². The van der Waals surface area contributed by atoms with Crippen LogP contribution in [0.15, 0.2) is 0 Å². The van der Waals surface area contributed by atoms with Gasteiger partial charge in [-0.3, -0.25) is 0 Å². The van der Waals surface area contributed by atoms with E-state index in [-0.39, 0.29) is 0 Å². The van der Waals surface area contributed by atoms with Gasteiger partial charge in [-0.15, -0.1) is 0 Å². The Bertz CT molecular complexity index is 59.5. The molecular weight excluding hydrogens is 212 g/mol. The molecule has 0 aromatic rings. The third-order valence-corrected chi connectivity index (χ3v) is 4.24. The molecule has 0 aromatic heterocycles. The van der Waals surface area contributed by atoms with Crippen LogP contribution in [0.2, 0.25) is 0 Å². The first kappa shape index (κ1) is 12.4. The van der Waals surface area contributed by atoms with Gasteiger partial charge >= 0.3 is 0 Å². The lowest BCUT2D eigenvalue weighted by Gasteiger charge is -1.98. The third-order valence-electron chi connectivity index (χ3n) is 1.05. The Morgan fingerprint density at radius 3 is 1.55 bits per heavy atom. The smallest absolute Gasteiger partial charge is 0.00210 e. The highest BCUT2D eigenvalue weighted by Crippen LogP contribution is 2.08. The van der Waals surface area contributed by atoms with E-state index in [4.69, 9.17) is 0 Å². The molecular formula is C7H16S4. The highest BCUT2D eigenvalue weighted by atomic mass is 32.2. The molecule has 0 heterocycles. The SMILES string of the molecule is SCCSCCCSCCS. The van der Waals surface area contributed by atoms with E-state index in [1.807, 2.05) is 23.5 Å². The quantitative estimate of drug-likeness (QED) is 0.484. The molecule has 0 atom stereocenters. The first-order chi connectivity index (χ1) is 5.41. The second-order valence-corrected chi connectivity index (χ2v) is 5.37. The Morgan fingerprint density at radius 2 is 1.18 bits per heavy atom. The van der Waals surface area contributed by atoms with Gasteiger partial charge in [0.25, 0.3) is 0 Å². The lowest BCUT2D eigenvalue weighted by molar-refractivity contribution is 1.12. The van der Waals surface area contributed by atoms with E-state index in [9.17, 15) is 0 Å². The summed E-state index contributed by atoms with van der Waals surface area (Å²) in [6.07, 6.45) is 1.33. The molecule has 0 nitrogen and oxygen atoms in total. The zero-order chi connectivity index (χ0) is 8.36. The summed E-state index contributed by atoms with van der Waals surface area (Å²) in [6.45, 7) is 0. The highest BCUT2D eigenvalue weighted by molar-refractivity contribution is 8.00. The van der Waals surface area contributed by atoms with Gasteiger partial charge in [0.2, 0.25) is 0 Å². The van der Waals surface area contributed by atoms with E-state index >= 15 is 0 Å². The average Bonchev–Trinajstić information content (AvgIpc) is 2.03. The summed E-state index contributed by atoms with van der Waals surface area (Å²) >= 11 is 12.3. The van der Waals surface area contributed by atoms with Gasteiger partial charge in [0.15, 0.2) is 0 Å². The Hall–Kier alpha value is 1.40. The summed E-state index contributed by atoms with van der Waals surface area (Å²) in [4.78, 5) is 0. The molecule has 4 heteroatoms. The largest absolute Gasteiger partial charge is 0.179 e. The van der Waals surface area contributed by atoms with Gasteiger partial charge in [-0.05, 0) is 29.4 Å². The molecule has 0 aliphatic carbocycles. The lowest BCUT2D eigenvalue weighted by Crippen LogP contribution is -1.89. The molecule has 0 saturated heterocycles. The fourth-order valence-corrected chi connectivity index (χ4v) is 2.92. The molecule has 0 N–H and O–H groups in total. The summed E-state index contributed by atoms with van der Waals surface area (Å²) in [5.41, 5.74) is 0. The van der Waals surface area contributed by atoms with Crippen LogP contribution in [0.25, 0.3) is 0 Å². The van der Waals surface area contributed by atoms with Crippen molar-refractivity contribution in [2.24, 2.45) is 0 Å². The van der Waals surface area contributed by atoms with Crippen molar-refractivity contribution in [2.75, 3.05) is 34.5 Å². The second kappa shape index (κ2) is 11.4. The molecule has 68 valence electrons. The summed E-state index contributed by atoms with van der Waals surface area (Å²) in [6, 6.07) is 0. The van der Waals surface area contributed by atoms with E-state index in [1.54, 1.807) is 0 Å². The zero-order valence-electron chi connectivity index (χ0n) is 6.66. The van der Waals surface area contributed by atoms with E-state index in [0.717, 1.165) is 11.5 Å². The molecule has 0 rings (SSSR count). The third kappa shape index (κ3) is 11.4. The second-order valence-electron chi connectivity index (χ2n) is 2.03. The van der Waals surface area contributed by atoms with Gasteiger partial charge in [-0.25, -0.2) is 0 Å². The molecule has 0 spiro atoms. The molecule has 0 saturated carbocycles. The zero-order valence-corrected chi connectivity index (χ0v) is 10.1. The number of rotatable bonds is 8. The molecule has 0 bridgehead atoms. The van der Waals surface area contributed by atoms with Crippen molar-refractivity contribution in [2.45, 2.75) is 6.42 Å². The maximum Gasteiger partial charge on any atom is 0.00210 e. The molecule has 0 amide bonds. The normalized spacial score (nSPS) is 10.4. The number of hydrogen-bond donors (Lipinski definition) is 2. The van der Waals surface area contributed by atoms with E-state index in [2.05, 4.69) is 25.3 Å². The Labute approximate surface area is 89.5 Å². The molecule has 0 aliphatic rings. The van der Waals surface area contributed by atoms with Crippen molar-refractivity contribution >= 4 is 48.8 Å². The minimum atomic E-state index is 1.01. The van der Waals surface area contributed by atoms with Gasteiger partial charge in [0.1, 0.15) is 0 Å². The summed E-state index contributed by atoms with van der Waals surface area (Å²) in [5.74, 6) is 6.99. The maximum absolute atomic E-state index is 4.14. The fraction of sp³-hybridized carbons (Fsp3) is 1.00. The Balaban J connectivity index is 2.69. The lowest BCUT2D eigenvalue weighted by atomic mass is 10.6. The van der Waals surface area contributed by atoms with E-state index < -0.39 is 0 Å². The van der Waals surface area contributed by atoms with Crippen LogP contribution < -0.4 is 0 Å². The minimum Gasteiger partial charge on any atom is -0.179 e. The van der Waals surface area contributed by atoms with E-state index in [1.165, 1.54) is 29.4 Å². The van der Waals surface area contributed by atoms with Crippen molar-refractivity contribution in [3.63, 3.8) is 0 Å². The minimum absolute atomic E-state index is 1.01. The van der Waals surface area contributed by atoms with Gasteiger partial charge in [0.05, 0.1) is 0 Å². The van der Waals surface area contributed by atoms with Gasteiger partial charge in [-0.1, -0.05) is 0 Å². The van der Waals surface area contributed by atoms with Crippen LogP contribution in [-0.2, 0) is 0 Å². The van der Waals surface area contributed by atoms with Crippen LogP contribution in [0, 0.1) is 0 Å². The van der Waals surface area contributed by atoms with Crippen molar-refractivity contribution in [1.82, 2.24) is 0 Å². The monoisotopic (exact) mass is 228 g/mol. The van der Waals surface area contributed by atoms with E-state index in [0.29, 0.717) is 0 Å². The predicted molar refractivity (Wildman–Crippen MR) is 67.0 cm³/mol. The number of thiol groups is 2. The van der Waals surface area contributed by atoms with Crippen LogP contribution in [0.5, 0.6) is 0 Å². The molecule has 11 heavy (non-hydrogen) atoms. The molecule has 0 radical (unpaired) electrons. The molecule has 0 fully saturated rings. The summed E-state index contributed by atoms with van der Waals surface area (Å²) < 4.78 is 0. The standard InChI is InChI=1S/C7H16S4/c8-2-6-10-4-1-5-11-7-3-9/h8-9H,1-7H2. The van der Waals surface area contributed by atoms with Crippen molar-refractivity contribution < 1.29 is 0 Å². The fourth-order valence-electron chi connectivity index (χ4n) is 0.596. The molecule has 0 aliphatic heterocycles. The van der Waals surface area contributed by atoms with Crippen molar-refractivity contribution in [3.05, 3.63) is 0 Å². The summed E-state index contributed by atoms with van der Waals surface area (Å²) in [5, 5.41) is 0. The molecule has 0 unspecified atom stereocenters. The Kier molecular flexibility index (Phi) is 12.9. The van der Waals surface area contributed by atoms with Crippen molar-refractivity contribution in [3.8, 4) is 0 Å². The topological polar surface area (TPSA) is 0 Å². The van der Waals surface area contributed by atoms with Gasteiger partial charge in [0, 0.05) is 11.5 Å². The van der Waals surface area contributed by atoms with Crippen LogP contribution in [0.1, 0.15) is 6.42 Å². The molecule has 0 aromatic carbocycles. The maximum atomic E-state index is 4.14. The number of hydrogen-bond acceptors (Lipinski definition) is 4. The van der Waals surface area contributed by atoms with Crippen LogP contribution >= 0.6 is 48.8 Å². The van der Waals surface area contributed by atoms with Gasteiger partial charge in [-0.2, -0.15) is 48.8 Å². The average molecular weight is 228 g/mol. The number of thioether (sulfide) groups is 2. The van der Waals surface area contributed by atoms with Crippen LogP contribution in [0.3, 0.4) is 0 Å².